The van der Waals surface area contributed by atoms with Gasteiger partial charge in [-0.05, 0) is 18.1 Å². The first-order chi connectivity index (χ1) is 8.81. The molecule has 0 amide bonds. The van der Waals surface area contributed by atoms with E-state index in [4.69, 9.17) is 0 Å². The predicted octanol–water partition coefficient (Wildman–Crippen LogP) is 2.61. The second kappa shape index (κ2) is 3.42. The molecule has 4 rings (SSSR count). The van der Waals surface area contributed by atoms with E-state index in [1.54, 1.807) is 0 Å². The van der Waals surface area contributed by atoms with Crippen molar-refractivity contribution in [2.75, 3.05) is 0 Å². The first-order valence-corrected chi connectivity index (χ1v) is 6.27. The predicted molar refractivity (Wildman–Crippen MR) is 69.8 cm³/mol. The van der Waals surface area contributed by atoms with Crippen molar-refractivity contribution in [3.05, 3.63) is 71.8 Å². The Morgan fingerprint density at radius 2 is 1.56 bits per heavy atom. The molecule has 0 radical (unpaired) electrons. The lowest BCUT2D eigenvalue weighted by molar-refractivity contribution is -0.0758. The number of benzene rings is 2. The van der Waals surface area contributed by atoms with Gasteiger partial charge >= 0.3 is 0 Å². The zero-order valence-corrected chi connectivity index (χ0v) is 10.2. The van der Waals surface area contributed by atoms with Crippen LogP contribution in [0.3, 0.4) is 0 Å². The zero-order valence-electron chi connectivity index (χ0n) is 10.2. The maximum absolute atomic E-state index is 3.52. The summed E-state index contributed by atoms with van der Waals surface area (Å²) in [6, 6.07) is 21.2. The lowest BCUT2D eigenvalue weighted by Gasteiger charge is -2.40. The number of nitrogens with zero attached hydrogens (tertiary/aromatic N) is 2. The van der Waals surface area contributed by atoms with Crippen molar-refractivity contribution in [2.45, 2.75) is 18.8 Å². The highest BCUT2D eigenvalue weighted by Gasteiger charge is 2.67. The minimum Gasteiger partial charge on any atom is -0.214 e. The topological polar surface area (TPSA) is 18.0 Å². The van der Waals surface area contributed by atoms with Crippen molar-refractivity contribution in [3.63, 3.8) is 0 Å². The van der Waals surface area contributed by atoms with E-state index < -0.39 is 0 Å². The standard InChI is InChI=1S/C15H15N3/c1-15(13-10-6-3-7-11-13)16-18-14(17(15)18)12-8-4-2-5-9-12/h2-11,14,16H,1H3. The maximum atomic E-state index is 3.52. The van der Waals surface area contributed by atoms with Gasteiger partial charge in [0.05, 0.1) is 0 Å². The van der Waals surface area contributed by atoms with E-state index in [9.17, 15) is 0 Å². The molecular formula is C15H15N3. The summed E-state index contributed by atoms with van der Waals surface area (Å²) in [6.07, 6.45) is 0.372. The summed E-state index contributed by atoms with van der Waals surface area (Å²) in [5, 5.41) is 4.56. The monoisotopic (exact) mass is 237 g/mol. The van der Waals surface area contributed by atoms with Gasteiger partial charge in [0.15, 0.2) is 0 Å². The molecule has 1 N–H and O–H groups in total. The molecule has 2 aliphatic rings. The quantitative estimate of drug-likeness (QED) is 0.810. The van der Waals surface area contributed by atoms with Crippen LogP contribution in [-0.2, 0) is 5.66 Å². The second-order valence-electron chi connectivity index (χ2n) is 5.02. The third kappa shape index (κ3) is 1.24. The minimum absolute atomic E-state index is 0.0677. The molecule has 0 saturated carbocycles. The summed E-state index contributed by atoms with van der Waals surface area (Å²) in [5.74, 6) is 0. The Hall–Kier alpha value is -1.68. The highest BCUT2D eigenvalue weighted by atomic mass is 16.1. The number of hydrazine groups is 2. The number of hydrogen-bond acceptors (Lipinski definition) is 3. The first-order valence-electron chi connectivity index (χ1n) is 6.27. The molecule has 0 spiro atoms. The summed E-state index contributed by atoms with van der Waals surface area (Å²) >= 11 is 0. The highest BCUT2D eigenvalue weighted by molar-refractivity contribution is 5.31. The fourth-order valence-electron chi connectivity index (χ4n) is 2.84. The Morgan fingerprint density at radius 3 is 2.22 bits per heavy atom. The Labute approximate surface area is 107 Å². The molecule has 0 aromatic heterocycles. The van der Waals surface area contributed by atoms with Crippen LogP contribution in [0, 0.1) is 0 Å². The molecule has 3 heteroatoms. The Bertz CT molecular complexity index is 569. The van der Waals surface area contributed by atoms with E-state index in [-0.39, 0.29) is 5.66 Å². The molecule has 90 valence electrons. The lowest BCUT2D eigenvalue weighted by atomic mass is 10.0. The normalized spacial score (nSPS) is 36.6. The maximum Gasteiger partial charge on any atom is 0.134 e. The SMILES string of the molecule is CC1(c2ccccc2)NN2C(c3ccccc3)N21. The summed E-state index contributed by atoms with van der Waals surface area (Å²) in [4.78, 5) is 0. The van der Waals surface area contributed by atoms with Gasteiger partial charge in [-0.1, -0.05) is 60.7 Å². The van der Waals surface area contributed by atoms with Gasteiger partial charge in [-0.15, -0.1) is 5.12 Å². The third-order valence-corrected chi connectivity index (χ3v) is 3.87. The van der Waals surface area contributed by atoms with Gasteiger partial charge in [0.1, 0.15) is 11.8 Å². The van der Waals surface area contributed by atoms with Gasteiger partial charge < -0.3 is 0 Å². The van der Waals surface area contributed by atoms with Crippen LogP contribution in [0.15, 0.2) is 60.7 Å². The molecule has 0 aliphatic carbocycles. The zero-order chi connectivity index (χ0) is 12.2. The van der Waals surface area contributed by atoms with E-state index in [0.717, 1.165) is 0 Å². The average Bonchev–Trinajstić information content (AvgIpc) is 3.07. The van der Waals surface area contributed by atoms with Crippen molar-refractivity contribution in [1.29, 1.82) is 0 Å². The van der Waals surface area contributed by atoms with Gasteiger partial charge in [0, 0.05) is 0 Å². The van der Waals surface area contributed by atoms with Gasteiger partial charge in [-0.2, -0.15) is 5.01 Å². The van der Waals surface area contributed by atoms with Crippen molar-refractivity contribution < 1.29 is 0 Å². The van der Waals surface area contributed by atoms with Gasteiger partial charge in [-0.3, -0.25) is 0 Å². The Morgan fingerprint density at radius 1 is 0.944 bits per heavy atom. The molecule has 0 bridgehead atoms. The molecule has 2 aromatic rings. The molecule has 3 nitrogen and oxygen atoms in total. The largest absolute Gasteiger partial charge is 0.214 e. The molecule has 2 aliphatic heterocycles. The van der Waals surface area contributed by atoms with E-state index in [1.807, 2.05) is 0 Å². The highest BCUT2D eigenvalue weighted by Crippen LogP contribution is 2.56. The van der Waals surface area contributed by atoms with Crippen molar-refractivity contribution in [2.24, 2.45) is 0 Å². The van der Waals surface area contributed by atoms with Gasteiger partial charge in [-0.25, -0.2) is 5.43 Å². The van der Waals surface area contributed by atoms with Crippen LogP contribution in [0.2, 0.25) is 0 Å². The number of rotatable bonds is 2. The summed E-state index contributed by atoms with van der Waals surface area (Å²) in [5.41, 5.74) is 6.09. The molecule has 2 fully saturated rings. The van der Waals surface area contributed by atoms with Crippen LogP contribution >= 0.6 is 0 Å². The Balaban J connectivity index is 1.63. The fraction of sp³-hybridized carbons (Fsp3) is 0.200. The number of hydrogen-bond donors (Lipinski definition) is 1. The molecule has 2 aromatic carbocycles. The van der Waals surface area contributed by atoms with Crippen LogP contribution in [-0.4, -0.2) is 10.1 Å². The molecule has 2 saturated heterocycles. The van der Waals surface area contributed by atoms with E-state index in [2.05, 4.69) is 83.1 Å². The van der Waals surface area contributed by atoms with Crippen LogP contribution in [0.4, 0.5) is 0 Å². The Kier molecular flexibility index (Phi) is 1.95. The molecular weight excluding hydrogens is 222 g/mol. The summed E-state index contributed by atoms with van der Waals surface area (Å²) in [6.45, 7) is 2.22. The molecule has 4 atom stereocenters. The van der Waals surface area contributed by atoms with Gasteiger partial charge in [0.2, 0.25) is 0 Å². The molecule has 4 unspecified atom stereocenters. The van der Waals surface area contributed by atoms with Crippen molar-refractivity contribution in [1.82, 2.24) is 15.6 Å². The van der Waals surface area contributed by atoms with Crippen molar-refractivity contribution in [3.8, 4) is 0 Å². The van der Waals surface area contributed by atoms with Crippen LogP contribution in [0.5, 0.6) is 0 Å². The van der Waals surface area contributed by atoms with Crippen molar-refractivity contribution >= 4 is 0 Å². The minimum atomic E-state index is -0.0677. The first kappa shape index (κ1) is 10.3. The second-order valence-corrected chi connectivity index (χ2v) is 5.02. The van der Waals surface area contributed by atoms with Crippen LogP contribution in [0.25, 0.3) is 0 Å². The van der Waals surface area contributed by atoms with E-state index in [1.165, 1.54) is 11.1 Å². The molecule has 2 heterocycles. The molecule has 18 heavy (non-hydrogen) atoms. The number of nitrogens with one attached hydrogen (secondary N) is 1. The van der Waals surface area contributed by atoms with Gasteiger partial charge in [0.25, 0.3) is 0 Å². The smallest absolute Gasteiger partial charge is 0.134 e. The third-order valence-electron chi connectivity index (χ3n) is 3.87. The lowest BCUT2D eigenvalue weighted by Crippen LogP contribution is -2.60. The van der Waals surface area contributed by atoms with Crippen LogP contribution in [0.1, 0.15) is 24.2 Å². The fourth-order valence-corrected chi connectivity index (χ4v) is 2.84. The average molecular weight is 237 g/mol. The summed E-state index contributed by atoms with van der Waals surface area (Å²) < 4.78 is 0. The summed E-state index contributed by atoms with van der Waals surface area (Å²) in [7, 11) is 0. The van der Waals surface area contributed by atoms with Crippen LogP contribution < -0.4 is 5.43 Å². The van der Waals surface area contributed by atoms with E-state index >= 15 is 0 Å². The number of fused-ring (bicyclic) bond motifs is 1. The van der Waals surface area contributed by atoms with E-state index in [0.29, 0.717) is 6.17 Å².